The van der Waals surface area contributed by atoms with Crippen molar-refractivity contribution in [2.45, 2.75) is 18.9 Å². The Bertz CT molecular complexity index is 792. The molecular weight excluding hydrogens is 344 g/mol. The van der Waals surface area contributed by atoms with E-state index in [0.717, 1.165) is 38.4 Å². The molecule has 0 aliphatic carbocycles. The van der Waals surface area contributed by atoms with Crippen LogP contribution in [0.15, 0.2) is 36.7 Å². The summed E-state index contributed by atoms with van der Waals surface area (Å²) in [7, 11) is 3.18. The highest BCUT2D eigenvalue weighted by molar-refractivity contribution is 5.95. The maximum Gasteiger partial charge on any atom is 0.254 e. The van der Waals surface area contributed by atoms with Crippen LogP contribution >= 0.6 is 0 Å². The molecule has 1 aromatic heterocycles. The largest absolute Gasteiger partial charge is 0.497 e. The monoisotopic (exact) mass is 368 g/mol. The molecule has 4 rings (SSSR count). The van der Waals surface area contributed by atoms with Gasteiger partial charge in [-0.25, -0.2) is 9.97 Å². The molecule has 142 valence electrons. The van der Waals surface area contributed by atoms with E-state index in [9.17, 15) is 4.79 Å². The van der Waals surface area contributed by atoms with Crippen LogP contribution < -0.4 is 14.4 Å². The van der Waals surface area contributed by atoms with E-state index in [1.807, 2.05) is 11.0 Å². The first-order valence-corrected chi connectivity index (χ1v) is 9.25. The first-order chi connectivity index (χ1) is 13.2. The van der Waals surface area contributed by atoms with Crippen molar-refractivity contribution in [3.8, 4) is 11.5 Å². The lowest BCUT2D eigenvalue weighted by molar-refractivity contribution is 0.0711. The lowest BCUT2D eigenvalue weighted by Crippen LogP contribution is -2.50. The standard InChI is InChI=1S/C20H24N4O3/c1-26-16-10-15(11-17(12-16)27-2)19(25)24-9-5-14-4-8-23(13-18(14)24)20-21-6-3-7-22-20/h3,6-7,10-12,14,18H,4-5,8-9,13H2,1-2H3. The van der Waals surface area contributed by atoms with Gasteiger partial charge in [0.05, 0.1) is 20.3 Å². The number of rotatable bonds is 4. The number of hydrogen-bond donors (Lipinski definition) is 0. The van der Waals surface area contributed by atoms with Crippen molar-refractivity contribution < 1.29 is 14.3 Å². The number of fused-ring (bicyclic) bond motifs is 1. The van der Waals surface area contributed by atoms with Gasteiger partial charge in [0, 0.05) is 43.7 Å². The Morgan fingerprint density at radius 3 is 2.37 bits per heavy atom. The molecule has 0 spiro atoms. The van der Waals surface area contributed by atoms with E-state index in [2.05, 4.69) is 14.9 Å². The van der Waals surface area contributed by atoms with Gasteiger partial charge in [-0.1, -0.05) is 0 Å². The van der Waals surface area contributed by atoms with Crippen LogP contribution in [0.25, 0.3) is 0 Å². The molecule has 2 unspecified atom stereocenters. The van der Waals surface area contributed by atoms with Gasteiger partial charge in [-0.05, 0) is 37.0 Å². The first-order valence-electron chi connectivity index (χ1n) is 9.25. The maximum atomic E-state index is 13.2. The van der Waals surface area contributed by atoms with Gasteiger partial charge in [-0.15, -0.1) is 0 Å². The number of carbonyl (C=O) groups is 1. The molecule has 2 aliphatic rings. The zero-order valence-corrected chi connectivity index (χ0v) is 15.7. The fourth-order valence-electron chi connectivity index (χ4n) is 4.13. The van der Waals surface area contributed by atoms with Crippen LogP contribution in [0.2, 0.25) is 0 Å². The highest BCUT2D eigenvalue weighted by atomic mass is 16.5. The van der Waals surface area contributed by atoms with Crippen molar-refractivity contribution in [2.75, 3.05) is 38.8 Å². The normalized spacial score (nSPS) is 21.7. The lowest BCUT2D eigenvalue weighted by atomic mass is 9.92. The summed E-state index contributed by atoms with van der Waals surface area (Å²) in [4.78, 5) is 26.2. The van der Waals surface area contributed by atoms with Crippen LogP contribution in [0, 0.1) is 5.92 Å². The van der Waals surface area contributed by atoms with Crippen LogP contribution in [0.3, 0.4) is 0 Å². The zero-order valence-electron chi connectivity index (χ0n) is 15.7. The average molecular weight is 368 g/mol. The van der Waals surface area contributed by atoms with Gasteiger partial charge in [0.2, 0.25) is 5.95 Å². The number of aromatic nitrogens is 2. The smallest absolute Gasteiger partial charge is 0.254 e. The Morgan fingerprint density at radius 2 is 1.70 bits per heavy atom. The Hall–Kier alpha value is -2.83. The third-order valence-electron chi connectivity index (χ3n) is 5.56. The minimum atomic E-state index is 0.0236. The van der Waals surface area contributed by atoms with E-state index in [1.54, 1.807) is 44.8 Å². The van der Waals surface area contributed by atoms with E-state index in [1.165, 1.54) is 0 Å². The average Bonchev–Trinajstić information content (AvgIpc) is 3.16. The van der Waals surface area contributed by atoms with Crippen LogP contribution in [0.4, 0.5) is 5.95 Å². The molecule has 3 heterocycles. The summed E-state index contributed by atoms with van der Waals surface area (Å²) < 4.78 is 10.6. The molecule has 2 atom stereocenters. The summed E-state index contributed by atoms with van der Waals surface area (Å²) >= 11 is 0. The van der Waals surface area contributed by atoms with Crippen molar-refractivity contribution in [1.82, 2.24) is 14.9 Å². The summed E-state index contributed by atoms with van der Waals surface area (Å²) in [6, 6.07) is 7.32. The molecule has 2 fully saturated rings. The molecule has 0 radical (unpaired) electrons. The van der Waals surface area contributed by atoms with E-state index >= 15 is 0 Å². The first kappa shape index (κ1) is 17.6. The van der Waals surface area contributed by atoms with Gasteiger partial charge in [0.1, 0.15) is 11.5 Å². The number of amides is 1. The van der Waals surface area contributed by atoms with Gasteiger partial charge in [-0.3, -0.25) is 4.79 Å². The quantitative estimate of drug-likeness (QED) is 0.824. The molecule has 7 heteroatoms. The van der Waals surface area contributed by atoms with Crippen LogP contribution in [0.5, 0.6) is 11.5 Å². The van der Waals surface area contributed by atoms with Gasteiger partial charge >= 0.3 is 0 Å². The molecular formula is C20H24N4O3. The topological polar surface area (TPSA) is 67.8 Å². The van der Waals surface area contributed by atoms with Gasteiger partial charge in [0.15, 0.2) is 0 Å². The molecule has 2 aromatic rings. The lowest BCUT2D eigenvalue weighted by Gasteiger charge is -2.38. The van der Waals surface area contributed by atoms with Gasteiger partial charge < -0.3 is 19.3 Å². The van der Waals surface area contributed by atoms with Crippen molar-refractivity contribution in [1.29, 1.82) is 0 Å². The second-order valence-corrected chi connectivity index (χ2v) is 7.00. The summed E-state index contributed by atoms with van der Waals surface area (Å²) in [6.07, 6.45) is 5.61. The van der Waals surface area contributed by atoms with Gasteiger partial charge in [-0.2, -0.15) is 0 Å². The summed E-state index contributed by atoms with van der Waals surface area (Å²) in [5.74, 6) is 2.53. The van der Waals surface area contributed by atoms with Crippen LogP contribution in [-0.2, 0) is 0 Å². The number of nitrogens with zero attached hydrogens (tertiary/aromatic N) is 4. The number of anilines is 1. The predicted molar refractivity (Wildman–Crippen MR) is 101 cm³/mol. The Kier molecular flexibility index (Phi) is 4.83. The number of likely N-dealkylation sites (tertiary alicyclic amines) is 1. The van der Waals surface area contributed by atoms with E-state index in [4.69, 9.17) is 9.47 Å². The van der Waals surface area contributed by atoms with Gasteiger partial charge in [0.25, 0.3) is 5.91 Å². The fourth-order valence-corrected chi connectivity index (χ4v) is 4.13. The number of carbonyl (C=O) groups excluding carboxylic acids is 1. The Labute approximate surface area is 158 Å². The molecule has 2 aliphatic heterocycles. The minimum Gasteiger partial charge on any atom is -0.497 e. The molecule has 1 amide bonds. The van der Waals surface area contributed by atoms with Crippen molar-refractivity contribution in [3.63, 3.8) is 0 Å². The molecule has 1 aromatic carbocycles. The number of hydrogen-bond acceptors (Lipinski definition) is 6. The molecule has 27 heavy (non-hydrogen) atoms. The van der Waals surface area contributed by atoms with Crippen molar-refractivity contribution in [3.05, 3.63) is 42.2 Å². The minimum absolute atomic E-state index is 0.0236. The number of benzene rings is 1. The predicted octanol–water partition coefficient (Wildman–Crippen LogP) is 2.23. The summed E-state index contributed by atoms with van der Waals surface area (Å²) in [6.45, 7) is 2.47. The SMILES string of the molecule is COc1cc(OC)cc(C(=O)N2CCC3CCN(c4ncccn4)CC32)c1. The third-order valence-corrected chi connectivity index (χ3v) is 5.56. The molecule has 0 saturated carbocycles. The maximum absolute atomic E-state index is 13.2. The zero-order chi connectivity index (χ0) is 18.8. The van der Waals surface area contributed by atoms with Crippen molar-refractivity contribution >= 4 is 11.9 Å². The summed E-state index contributed by atoms with van der Waals surface area (Å²) in [5.41, 5.74) is 0.597. The molecule has 7 nitrogen and oxygen atoms in total. The number of methoxy groups -OCH3 is 2. The molecule has 0 bridgehead atoms. The molecule has 0 N–H and O–H groups in total. The van der Waals surface area contributed by atoms with Crippen molar-refractivity contribution in [2.24, 2.45) is 5.92 Å². The molecule has 2 saturated heterocycles. The third kappa shape index (κ3) is 3.41. The second-order valence-electron chi connectivity index (χ2n) is 7.00. The Balaban J connectivity index is 1.56. The van der Waals surface area contributed by atoms with E-state index < -0.39 is 0 Å². The second kappa shape index (κ2) is 7.42. The van der Waals surface area contributed by atoms with Crippen LogP contribution in [-0.4, -0.2) is 60.7 Å². The fraction of sp³-hybridized carbons (Fsp3) is 0.450. The highest BCUT2D eigenvalue weighted by Gasteiger charge is 2.41. The number of piperidine rings is 1. The highest BCUT2D eigenvalue weighted by Crippen LogP contribution is 2.34. The van der Waals surface area contributed by atoms with Crippen LogP contribution in [0.1, 0.15) is 23.2 Å². The van der Waals surface area contributed by atoms with E-state index in [-0.39, 0.29) is 11.9 Å². The Morgan fingerprint density at radius 1 is 1.04 bits per heavy atom. The number of ether oxygens (including phenoxy) is 2. The van der Waals surface area contributed by atoms with E-state index in [0.29, 0.717) is 23.0 Å². The summed E-state index contributed by atoms with van der Waals surface area (Å²) in [5, 5.41) is 0.